The average Bonchev–Trinajstić information content (AvgIpc) is 3.09. The van der Waals surface area contributed by atoms with Crippen molar-refractivity contribution in [3.63, 3.8) is 0 Å². The molecule has 0 aliphatic heterocycles. The number of methoxy groups -OCH3 is 1. The van der Waals surface area contributed by atoms with Crippen LogP contribution in [0.15, 0.2) is 0 Å². The second-order valence-electron chi connectivity index (χ2n) is 11.6. The third-order valence-electron chi connectivity index (χ3n) is 9.42. The molecule has 4 nitrogen and oxygen atoms in total. The van der Waals surface area contributed by atoms with Gasteiger partial charge in [0, 0.05) is 4.88 Å². The van der Waals surface area contributed by atoms with Gasteiger partial charge in [0.25, 0.3) is 0 Å². The third kappa shape index (κ3) is 3.55. The van der Waals surface area contributed by atoms with Gasteiger partial charge in [-0.3, -0.25) is 4.79 Å². The van der Waals surface area contributed by atoms with Gasteiger partial charge in [-0.1, -0.05) is 27.2 Å². The standard InChI is InChI=1S/C26H37NO3S/c1-5-25(2,3)18-6-7-19-20(11-18)31-22(21(19)23(28)30-4)27-24(29)26-12-15-8-16(13-26)10-17(9-15)14-26/h15-18H,5-14H2,1-4H3,(H,27,29)/t15?,16?,17?,18-,26?/m0/s1. The summed E-state index contributed by atoms with van der Waals surface area (Å²) in [4.78, 5) is 27.7. The van der Waals surface area contributed by atoms with Gasteiger partial charge in [0.15, 0.2) is 0 Å². The SMILES string of the molecule is CCC(C)(C)[C@H]1CCc2c(sc(NC(=O)C34CC5CC(CC(C5)C3)C4)c2C(=O)OC)C1. The van der Waals surface area contributed by atoms with Crippen molar-refractivity contribution in [1.29, 1.82) is 0 Å². The van der Waals surface area contributed by atoms with E-state index in [0.717, 1.165) is 73.3 Å². The predicted molar refractivity (Wildman–Crippen MR) is 124 cm³/mol. The molecule has 4 bridgehead atoms. The average molecular weight is 444 g/mol. The van der Waals surface area contributed by atoms with E-state index in [2.05, 4.69) is 26.1 Å². The predicted octanol–water partition coefficient (Wildman–Crippen LogP) is 6.23. The summed E-state index contributed by atoms with van der Waals surface area (Å²) in [6.07, 6.45) is 11.2. The lowest BCUT2D eigenvalue weighted by atomic mass is 9.49. The highest BCUT2D eigenvalue weighted by atomic mass is 32.1. The van der Waals surface area contributed by atoms with Gasteiger partial charge < -0.3 is 10.1 Å². The van der Waals surface area contributed by atoms with Gasteiger partial charge >= 0.3 is 5.97 Å². The maximum atomic E-state index is 13.7. The number of fused-ring (bicyclic) bond motifs is 1. The molecule has 1 heterocycles. The number of nitrogens with one attached hydrogen (secondary N) is 1. The maximum Gasteiger partial charge on any atom is 0.341 e. The molecule has 1 aromatic heterocycles. The summed E-state index contributed by atoms with van der Waals surface area (Å²) in [6, 6.07) is 0. The van der Waals surface area contributed by atoms with Crippen LogP contribution in [0.4, 0.5) is 5.00 Å². The number of anilines is 1. The Morgan fingerprint density at radius 3 is 2.29 bits per heavy atom. The number of carbonyl (C=O) groups is 2. The first kappa shape index (κ1) is 21.5. The highest BCUT2D eigenvalue weighted by Crippen LogP contribution is 2.60. The molecular formula is C26H37NO3S. The van der Waals surface area contributed by atoms with Crippen LogP contribution in [0.25, 0.3) is 0 Å². The Hall–Kier alpha value is -1.36. The van der Waals surface area contributed by atoms with Gasteiger partial charge in [-0.25, -0.2) is 4.79 Å². The maximum absolute atomic E-state index is 13.7. The van der Waals surface area contributed by atoms with E-state index in [-0.39, 0.29) is 22.7 Å². The van der Waals surface area contributed by atoms with E-state index in [1.54, 1.807) is 11.3 Å². The van der Waals surface area contributed by atoms with Gasteiger partial charge in [-0.05, 0) is 92.4 Å². The zero-order chi connectivity index (χ0) is 22.0. The molecule has 0 spiro atoms. The van der Waals surface area contributed by atoms with Crippen LogP contribution in [0, 0.1) is 34.5 Å². The van der Waals surface area contributed by atoms with Crippen molar-refractivity contribution < 1.29 is 14.3 Å². The first-order chi connectivity index (χ1) is 14.7. The first-order valence-electron chi connectivity index (χ1n) is 12.3. The highest BCUT2D eigenvalue weighted by Gasteiger charge is 2.54. The minimum absolute atomic E-state index is 0.167. The van der Waals surface area contributed by atoms with Crippen LogP contribution in [0.1, 0.15) is 92.9 Å². The Bertz CT molecular complexity index is 863. The number of carbonyl (C=O) groups excluding carboxylic acids is 2. The van der Waals surface area contributed by atoms with Gasteiger partial charge in [-0.15, -0.1) is 11.3 Å². The van der Waals surface area contributed by atoms with Crippen molar-refractivity contribution in [1.82, 2.24) is 0 Å². The van der Waals surface area contributed by atoms with E-state index in [0.29, 0.717) is 11.5 Å². The molecule has 6 rings (SSSR count). The van der Waals surface area contributed by atoms with Crippen LogP contribution >= 0.6 is 11.3 Å². The van der Waals surface area contributed by atoms with E-state index in [1.807, 2.05) is 0 Å². The second kappa shape index (κ2) is 7.60. The van der Waals surface area contributed by atoms with Crippen LogP contribution < -0.4 is 5.32 Å². The summed E-state index contributed by atoms with van der Waals surface area (Å²) in [5.74, 6) is 2.66. The summed E-state index contributed by atoms with van der Waals surface area (Å²) in [5, 5.41) is 4.03. The molecule has 5 aliphatic carbocycles. The normalized spacial score (nSPS) is 33.8. The summed E-state index contributed by atoms with van der Waals surface area (Å²) < 4.78 is 5.16. The topological polar surface area (TPSA) is 55.4 Å². The quantitative estimate of drug-likeness (QED) is 0.549. The number of esters is 1. The minimum atomic E-state index is -0.300. The third-order valence-corrected chi connectivity index (χ3v) is 10.6. The molecule has 1 N–H and O–H groups in total. The van der Waals surface area contributed by atoms with Crippen LogP contribution in [0.3, 0.4) is 0 Å². The zero-order valence-electron chi connectivity index (χ0n) is 19.5. The summed E-state index contributed by atoms with van der Waals surface area (Å²) >= 11 is 1.64. The van der Waals surface area contributed by atoms with E-state index in [1.165, 1.54) is 31.2 Å². The van der Waals surface area contributed by atoms with Gasteiger partial charge in [0.1, 0.15) is 5.00 Å². The van der Waals surface area contributed by atoms with E-state index in [9.17, 15) is 9.59 Å². The van der Waals surface area contributed by atoms with Crippen LogP contribution in [0.2, 0.25) is 0 Å². The summed E-state index contributed by atoms with van der Waals surface area (Å²) in [7, 11) is 1.45. The number of amides is 1. The minimum Gasteiger partial charge on any atom is -0.465 e. The number of rotatable bonds is 5. The summed E-state index contributed by atoms with van der Waals surface area (Å²) in [5.41, 5.74) is 1.84. The molecular weight excluding hydrogens is 406 g/mol. The van der Waals surface area contributed by atoms with Crippen molar-refractivity contribution in [2.75, 3.05) is 12.4 Å². The highest BCUT2D eigenvalue weighted by molar-refractivity contribution is 7.17. The number of hydrogen-bond donors (Lipinski definition) is 1. The fourth-order valence-electron chi connectivity index (χ4n) is 7.57. The van der Waals surface area contributed by atoms with Crippen molar-refractivity contribution in [3.05, 3.63) is 16.0 Å². The molecule has 170 valence electrons. The fourth-order valence-corrected chi connectivity index (χ4v) is 8.88. The van der Waals surface area contributed by atoms with Gasteiger partial charge in [0.2, 0.25) is 5.91 Å². The Kier molecular flexibility index (Phi) is 5.27. The van der Waals surface area contributed by atoms with Crippen molar-refractivity contribution in [3.8, 4) is 0 Å². The Balaban J connectivity index is 1.43. The van der Waals surface area contributed by atoms with Crippen LogP contribution in [0.5, 0.6) is 0 Å². The molecule has 5 heteroatoms. The number of thiophene rings is 1. The zero-order valence-corrected chi connectivity index (χ0v) is 20.3. The number of ether oxygens (including phenoxy) is 1. The lowest BCUT2D eigenvalue weighted by Gasteiger charge is -2.55. The van der Waals surface area contributed by atoms with Crippen LogP contribution in [-0.4, -0.2) is 19.0 Å². The van der Waals surface area contributed by atoms with E-state index >= 15 is 0 Å². The molecule has 1 atom stereocenters. The largest absolute Gasteiger partial charge is 0.465 e. The molecule has 1 amide bonds. The Morgan fingerprint density at radius 2 is 1.74 bits per heavy atom. The molecule has 0 radical (unpaired) electrons. The molecule has 0 unspecified atom stereocenters. The first-order valence-corrected chi connectivity index (χ1v) is 13.1. The molecule has 4 fully saturated rings. The van der Waals surface area contributed by atoms with E-state index < -0.39 is 0 Å². The Morgan fingerprint density at radius 1 is 1.13 bits per heavy atom. The number of hydrogen-bond acceptors (Lipinski definition) is 4. The lowest BCUT2D eigenvalue weighted by Crippen LogP contribution is -2.51. The molecule has 4 saturated carbocycles. The molecule has 31 heavy (non-hydrogen) atoms. The van der Waals surface area contributed by atoms with E-state index in [4.69, 9.17) is 4.74 Å². The summed E-state index contributed by atoms with van der Waals surface area (Å²) in [6.45, 7) is 6.97. The Labute approximate surface area is 190 Å². The van der Waals surface area contributed by atoms with Gasteiger partial charge in [0.05, 0.1) is 18.1 Å². The second-order valence-corrected chi connectivity index (χ2v) is 12.7. The molecule has 1 aromatic rings. The van der Waals surface area contributed by atoms with Crippen molar-refractivity contribution >= 4 is 28.2 Å². The lowest BCUT2D eigenvalue weighted by molar-refractivity contribution is -0.140. The van der Waals surface area contributed by atoms with Gasteiger partial charge in [-0.2, -0.15) is 0 Å². The molecule has 5 aliphatic rings. The molecule has 0 aromatic carbocycles. The van der Waals surface area contributed by atoms with Crippen molar-refractivity contribution in [2.45, 2.75) is 85.0 Å². The monoisotopic (exact) mass is 443 g/mol. The molecule has 0 saturated heterocycles. The fraction of sp³-hybridized carbons (Fsp3) is 0.769. The smallest absolute Gasteiger partial charge is 0.341 e. The van der Waals surface area contributed by atoms with Crippen LogP contribution in [-0.2, 0) is 22.4 Å². The van der Waals surface area contributed by atoms with Crippen molar-refractivity contribution in [2.24, 2.45) is 34.5 Å².